The van der Waals surface area contributed by atoms with Crippen LogP contribution in [0.5, 0.6) is 0 Å². The third-order valence-corrected chi connectivity index (χ3v) is 5.18. The molecular weight excluding hydrogens is 330 g/mol. The number of hydrogen-bond donors (Lipinski definition) is 1. The molecule has 2 atom stereocenters. The van der Waals surface area contributed by atoms with Crippen LogP contribution >= 0.6 is 15.9 Å². The molecule has 1 heterocycles. The molecule has 4 nitrogen and oxygen atoms in total. The molecule has 0 spiro atoms. The Labute approximate surface area is 135 Å². The molecule has 2 unspecified atom stereocenters. The van der Waals surface area contributed by atoms with Gasteiger partial charge >= 0.3 is 0 Å². The molecule has 5 heteroatoms. The van der Waals surface area contributed by atoms with Gasteiger partial charge in [0, 0.05) is 12.6 Å². The van der Waals surface area contributed by atoms with Crippen molar-refractivity contribution in [2.45, 2.75) is 71.4 Å². The van der Waals surface area contributed by atoms with E-state index in [9.17, 15) is 4.79 Å². The van der Waals surface area contributed by atoms with Crippen molar-refractivity contribution in [1.82, 2.24) is 9.78 Å². The molecule has 1 saturated carbocycles. The van der Waals surface area contributed by atoms with Gasteiger partial charge in [-0.2, -0.15) is 5.10 Å². The molecule has 1 aromatic rings. The van der Waals surface area contributed by atoms with Crippen molar-refractivity contribution in [1.29, 1.82) is 0 Å². The van der Waals surface area contributed by atoms with E-state index in [1.54, 1.807) is 10.9 Å². The zero-order valence-electron chi connectivity index (χ0n) is 13.1. The van der Waals surface area contributed by atoms with Crippen LogP contribution in [-0.4, -0.2) is 15.8 Å². The van der Waals surface area contributed by atoms with Crippen LogP contribution in [0.25, 0.3) is 0 Å². The van der Waals surface area contributed by atoms with Crippen molar-refractivity contribution in [2.75, 3.05) is 5.32 Å². The lowest BCUT2D eigenvalue weighted by atomic mass is 9.97. The van der Waals surface area contributed by atoms with Gasteiger partial charge in [0.1, 0.15) is 4.47 Å². The summed E-state index contributed by atoms with van der Waals surface area (Å²) in [6.07, 6.45) is 10.2. The second-order valence-corrected chi connectivity index (χ2v) is 6.91. The highest BCUT2D eigenvalue weighted by molar-refractivity contribution is 9.10. The molecule has 1 aromatic heterocycles. The van der Waals surface area contributed by atoms with Crippen LogP contribution in [0.1, 0.15) is 58.8 Å². The SMILES string of the molecule is CCCCn1ncc(NC2CCCCCC2C)c(Br)c1=O. The molecule has 1 fully saturated rings. The van der Waals surface area contributed by atoms with Gasteiger partial charge in [-0.05, 0) is 41.1 Å². The van der Waals surface area contributed by atoms with Gasteiger partial charge in [-0.15, -0.1) is 0 Å². The first-order chi connectivity index (χ1) is 10.1. The minimum absolute atomic E-state index is 0.0327. The number of rotatable bonds is 5. The second-order valence-electron chi connectivity index (χ2n) is 6.12. The van der Waals surface area contributed by atoms with Crippen LogP contribution in [0.2, 0.25) is 0 Å². The lowest BCUT2D eigenvalue weighted by molar-refractivity contribution is 0.455. The zero-order valence-corrected chi connectivity index (χ0v) is 14.7. The number of nitrogens with zero attached hydrogens (tertiary/aromatic N) is 2. The van der Waals surface area contributed by atoms with Crippen LogP contribution in [0.3, 0.4) is 0 Å². The summed E-state index contributed by atoms with van der Waals surface area (Å²) in [6, 6.07) is 0.441. The third kappa shape index (κ3) is 4.31. The molecular formula is C16H26BrN3O. The van der Waals surface area contributed by atoms with Crippen LogP contribution in [0.15, 0.2) is 15.5 Å². The largest absolute Gasteiger partial charge is 0.380 e. The Bertz CT molecular complexity index is 515. The minimum atomic E-state index is -0.0327. The highest BCUT2D eigenvalue weighted by Gasteiger charge is 2.21. The Morgan fingerprint density at radius 3 is 2.90 bits per heavy atom. The van der Waals surface area contributed by atoms with Crippen molar-refractivity contribution in [3.8, 4) is 0 Å². The number of anilines is 1. The molecule has 0 aromatic carbocycles. The van der Waals surface area contributed by atoms with E-state index in [4.69, 9.17) is 0 Å². The highest BCUT2D eigenvalue weighted by atomic mass is 79.9. The smallest absolute Gasteiger partial charge is 0.283 e. The first kappa shape index (κ1) is 16.5. The molecule has 1 aliphatic carbocycles. The normalized spacial score (nSPS) is 22.8. The summed E-state index contributed by atoms with van der Waals surface area (Å²) in [5, 5.41) is 7.84. The number of halogens is 1. The number of unbranched alkanes of at least 4 members (excludes halogenated alkanes) is 1. The Kier molecular flexibility index (Phi) is 6.27. The predicted molar refractivity (Wildman–Crippen MR) is 90.8 cm³/mol. The Balaban J connectivity index is 2.13. The molecule has 118 valence electrons. The maximum absolute atomic E-state index is 12.3. The average Bonchev–Trinajstić information content (AvgIpc) is 2.68. The van der Waals surface area contributed by atoms with Crippen LogP contribution in [0, 0.1) is 5.92 Å². The summed E-state index contributed by atoms with van der Waals surface area (Å²) in [6.45, 7) is 5.10. The summed E-state index contributed by atoms with van der Waals surface area (Å²) in [4.78, 5) is 12.3. The van der Waals surface area contributed by atoms with Gasteiger partial charge in [0.25, 0.3) is 5.56 Å². The van der Waals surface area contributed by atoms with Crippen LogP contribution < -0.4 is 10.9 Å². The van der Waals surface area contributed by atoms with Crippen LogP contribution in [-0.2, 0) is 6.54 Å². The van der Waals surface area contributed by atoms with Crippen molar-refractivity contribution >= 4 is 21.6 Å². The fraction of sp³-hybridized carbons (Fsp3) is 0.750. The van der Waals surface area contributed by atoms with Gasteiger partial charge in [-0.3, -0.25) is 4.79 Å². The standard InChI is InChI=1S/C16H26BrN3O/c1-3-4-10-20-16(21)15(17)14(11-18-20)19-13-9-7-5-6-8-12(13)2/h11-13,19H,3-10H2,1-2H3. The van der Waals surface area contributed by atoms with Gasteiger partial charge in [0.15, 0.2) is 0 Å². The first-order valence-corrected chi connectivity index (χ1v) is 8.95. The van der Waals surface area contributed by atoms with Crippen LogP contribution in [0.4, 0.5) is 5.69 Å². The summed E-state index contributed by atoms with van der Waals surface area (Å²) >= 11 is 3.45. The topological polar surface area (TPSA) is 46.9 Å². The molecule has 21 heavy (non-hydrogen) atoms. The predicted octanol–water partition coefficient (Wildman–Crippen LogP) is 4.19. The summed E-state index contributed by atoms with van der Waals surface area (Å²) < 4.78 is 2.17. The quantitative estimate of drug-likeness (QED) is 0.805. The summed E-state index contributed by atoms with van der Waals surface area (Å²) in [5.41, 5.74) is 0.807. The Morgan fingerprint density at radius 1 is 1.38 bits per heavy atom. The monoisotopic (exact) mass is 355 g/mol. The van der Waals surface area contributed by atoms with Gasteiger partial charge in [-0.25, -0.2) is 4.68 Å². The van der Waals surface area contributed by atoms with Crippen molar-refractivity contribution in [3.63, 3.8) is 0 Å². The minimum Gasteiger partial charge on any atom is -0.380 e. The highest BCUT2D eigenvalue weighted by Crippen LogP contribution is 2.27. The molecule has 0 saturated heterocycles. The molecule has 0 radical (unpaired) electrons. The van der Waals surface area contributed by atoms with E-state index < -0.39 is 0 Å². The first-order valence-electron chi connectivity index (χ1n) is 8.15. The zero-order chi connectivity index (χ0) is 15.2. The Hall–Kier alpha value is -0.840. The van der Waals surface area contributed by atoms with E-state index in [-0.39, 0.29) is 5.56 Å². The molecule has 1 aliphatic rings. The number of aryl methyl sites for hydroxylation is 1. The van der Waals surface area contributed by atoms with E-state index in [0.29, 0.717) is 23.0 Å². The van der Waals surface area contributed by atoms with Gasteiger partial charge in [0.2, 0.25) is 0 Å². The van der Waals surface area contributed by atoms with Gasteiger partial charge in [0.05, 0.1) is 11.9 Å². The molecule has 0 bridgehead atoms. The maximum atomic E-state index is 12.3. The van der Waals surface area contributed by atoms with Crippen molar-refractivity contribution in [3.05, 3.63) is 21.0 Å². The number of nitrogens with one attached hydrogen (secondary N) is 1. The number of aromatic nitrogens is 2. The van der Waals surface area contributed by atoms with E-state index in [2.05, 4.69) is 40.2 Å². The molecule has 0 aliphatic heterocycles. The van der Waals surface area contributed by atoms with Gasteiger partial charge < -0.3 is 5.32 Å². The summed E-state index contributed by atoms with van der Waals surface area (Å²) in [7, 11) is 0. The van der Waals surface area contributed by atoms with E-state index in [0.717, 1.165) is 18.5 Å². The van der Waals surface area contributed by atoms with Crippen molar-refractivity contribution in [2.24, 2.45) is 5.92 Å². The van der Waals surface area contributed by atoms with Gasteiger partial charge in [-0.1, -0.05) is 39.5 Å². The molecule has 2 rings (SSSR count). The lowest BCUT2D eigenvalue weighted by Crippen LogP contribution is -2.30. The second kappa shape index (κ2) is 7.97. The molecule has 0 amide bonds. The number of hydrogen-bond acceptors (Lipinski definition) is 3. The van der Waals surface area contributed by atoms with E-state index in [1.807, 2.05) is 0 Å². The van der Waals surface area contributed by atoms with E-state index in [1.165, 1.54) is 32.1 Å². The van der Waals surface area contributed by atoms with Crippen molar-refractivity contribution < 1.29 is 0 Å². The third-order valence-electron chi connectivity index (χ3n) is 4.41. The summed E-state index contributed by atoms with van der Waals surface area (Å²) in [5.74, 6) is 0.641. The fourth-order valence-electron chi connectivity index (χ4n) is 2.94. The molecule has 1 N–H and O–H groups in total. The lowest BCUT2D eigenvalue weighted by Gasteiger charge is -2.24. The fourth-order valence-corrected chi connectivity index (χ4v) is 3.36. The van der Waals surface area contributed by atoms with E-state index >= 15 is 0 Å². The maximum Gasteiger partial charge on any atom is 0.283 e. The Morgan fingerprint density at radius 2 is 2.14 bits per heavy atom. The average molecular weight is 356 g/mol.